The Morgan fingerprint density at radius 2 is 2.29 bits per heavy atom. The molecule has 3 N–H and O–H groups in total. The number of aliphatic hydroxyl groups excluding tert-OH is 1. The van der Waals surface area contributed by atoms with E-state index in [9.17, 15) is 9.18 Å². The van der Waals surface area contributed by atoms with Gasteiger partial charge >= 0.3 is 0 Å². The van der Waals surface area contributed by atoms with Crippen LogP contribution in [0.1, 0.15) is 10.4 Å². The summed E-state index contributed by atoms with van der Waals surface area (Å²) in [4.78, 5) is 10.7. The lowest BCUT2D eigenvalue weighted by Gasteiger charge is -2.05. The number of rotatable bonds is 4. The minimum Gasteiger partial charge on any atom is -0.488 e. The molecule has 0 bridgehead atoms. The minimum atomic E-state index is -0.697. The number of nitrogens with two attached hydrogens (primary N) is 1. The molecule has 0 aliphatic rings. The van der Waals surface area contributed by atoms with E-state index in [1.54, 1.807) is 0 Å². The fourth-order valence-corrected chi connectivity index (χ4v) is 0.927. The van der Waals surface area contributed by atoms with Crippen LogP contribution in [0.3, 0.4) is 0 Å². The highest BCUT2D eigenvalue weighted by molar-refractivity contribution is 5.92. The van der Waals surface area contributed by atoms with Crippen molar-refractivity contribution in [2.24, 2.45) is 5.73 Å². The molecule has 14 heavy (non-hydrogen) atoms. The molecule has 0 spiro atoms. The lowest BCUT2D eigenvalue weighted by atomic mass is 10.2. The molecule has 1 amide bonds. The average Bonchev–Trinajstić information content (AvgIpc) is 2.15. The van der Waals surface area contributed by atoms with Gasteiger partial charge in [-0.15, -0.1) is 0 Å². The molecule has 0 atom stereocenters. The molecule has 0 radical (unpaired) electrons. The minimum absolute atomic E-state index is 0.00678. The molecule has 0 fully saturated rings. The standard InChI is InChI=1S/C9H10FNO3/c10-7-5-6(9(11)13)1-2-8(7)14-4-3-12/h1-2,5,12H,3-4H2,(H2,11,13). The van der Waals surface area contributed by atoms with Crippen LogP contribution in [0, 0.1) is 5.82 Å². The Balaban J connectivity index is 2.84. The third-order valence-corrected chi connectivity index (χ3v) is 1.57. The van der Waals surface area contributed by atoms with E-state index in [0.29, 0.717) is 0 Å². The van der Waals surface area contributed by atoms with Crippen molar-refractivity contribution in [3.05, 3.63) is 29.6 Å². The van der Waals surface area contributed by atoms with Gasteiger partial charge in [0.1, 0.15) is 6.61 Å². The van der Waals surface area contributed by atoms with Gasteiger partial charge in [-0.05, 0) is 18.2 Å². The number of aliphatic hydroxyl groups is 1. The molecule has 0 heterocycles. The van der Waals surface area contributed by atoms with Gasteiger partial charge < -0.3 is 15.6 Å². The van der Waals surface area contributed by atoms with Crippen LogP contribution in [-0.2, 0) is 0 Å². The van der Waals surface area contributed by atoms with E-state index in [1.807, 2.05) is 0 Å². The molecule has 0 saturated carbocycles. The summed E-state index contributed by atoms with van der Waals surface area (Å²) in [5.41, 5.74) is 5.03. The first kappa shape index (κ1) is 10.5. The molecule has 5 heteroatoms. The van der Waals surface area contributed by atoms with Crippen molar-refractivity contribution >= 4 is 5.91 Å². The zero-order chi connectivity index (χ0) is 10.6. The maximum absolute atomic E-state index is 13.1. The van der Waals surface area contributed by atoms with Crippen LogP contribution >= 0.6 is 0 Å². The van der Waals surface area contributed by atoms with Gasteiger partial charge in [0, 0.05) is 5.56 Å². The quantitative estimate of drug-likeness (QED) is 0.732. The van der Waals surface area contributed by atoms with Crippen LogP contribution in [0.4, 0.5) is 4.39 Å². The molecule has 0 unspecified atom stereocenters. The summed E-state index contributed by atoms with van der Waals surface area (Å²) in [6.07, 6.45) is 0. The molecule has 4 nitrogen and oxygen atoms in total. The lowest BCUT2D eigenvalue weighted by Crippen LogP contribution is -2.11. The maximum Gasteiger partial charge on any atom is 0.248 e. The fraction of sp³-hybridized carbons (Fsp3) is 0.222. The van der Waals surface area contributed by atoms with Gasteiger partial charge in [0.05, 0.1) is 6.61 Å². The molecule has 0 aliphatic carbocycles. The van der Waals surface area contributed by atoms with Crippen LogP contribution in [0.2, 0.25) is 0 Å². The second kappa shape index (κ2) is 4.57. The first-order chi connectivity index (χ1) is 6.65. The van der Waals surface area contributed by atoms with Crippen LogP contribution in [0.15, 0.2) is 18.2 Å². The second-order valence-corrected chi connectivity index (χ2v) is 2.58. The molecular weight excluding hydrogens is 189 g/mol. The maximum atomic E-state index is 13.1. The topological polar surface area (TPSA) is 72.6 Å². The Morgan fingerprint density at radius 1 is 1.57 bits per heavy atom. The smallest absolute Gasteiger partial charge is 0.248 e. The molecule has 1 rings (SSSR count). The van der Waals surface area contributed by atoms with Crippen molar-refractivity contribution < 1.29 is 19.0 Å². The Bertz CT molecular complexity index is 341. The molecule has 76 valence electrons. The number of amides is 1. The highest BCUT2D eigenvalue weighted by atomic mass is 19.1. The number of hydrogen-bond donors (Lipinski definition) is 2. The third kappa shape index (κ3) is 2.43. The Hall–Kier alpha value is -1.62. The summed E-state index contributed by atoms with van der Waals surface area (Å²) in [5, 5.41) is 8.44. The predicted octanol–water partition coefficient (Wildman–Crippen LogP) is 0.296. The van der Waals surface area contributed by atoms with E-state index in [0.717, 1.165) is 6.07 Å². The summed E-state index contributed by atoms with van der Waals surface area (Å²) in [6.45, 7) is -0.191. The number of hydrogen-bond acceptors (Lipinski definition) is 3. The van der Waals surface area contributed by atoms with E-state index >= 15 is 0 Å². The highest BCUT2D eigenvalue weighted by Crippen LogP contribution is 2.17. The van der Waals surface area contributed by atoms with Gasteiger partial charge in [-0.25, -0.2) is 4.39 Å². The Kier molecular flexibility index (Phi) is 3.41. The van der Waals surface area contributed by atoms with E-state index in [-0.39, 0.29) is 24.5 Å². The van der Waals surface area contributed by atoms with Crippen molar-refractivity contribution in [2.45, 2.75) is 0 Å². The second-order valence-electron chi connectivity index (χ2n) is 2.58. The molecule has 1 aromatic rings. The highest BCUT2D eigenvalue weighted by Gasteiger charge is 2.07. The van der Waals surface area contributed by atoms with Gasteiger partial charge in [0.2, 0.25) is 5.91 Å². The number of halogens is 1. The molecule has 0 aromatic heterocycles. The number of benzene rings is 1. The van der Waals surface area contributed by atoms with Gasteiger partial charge in [-0.2, -0.15) is 0 Å². The van der Waals surface area contributed by atoms with Gasteiger partial charge in [-0.3, -0.25) is 4.79 Å². The average molecular weight is 199 g/mol. The number of ether oxygens (including phenoxy) is 1. The number of primary amides is 1. The van der Waals surface area contributed by atoms with Crippen LogP contribution in [0.25, 0.3) is 0 Å². The number of carbonyl (C=O) groups is 1. The summed E-state index contributed by atoms with van der Waals surface area (Å²) >= 11 is 0. The zero-order valence-electron chi connectivity index (χ0n) is 7.37. The largest absolute Gasteiger partial charge is 0.488 e. The van der Waals surface area contributed by atoms with E-state index in [1.165, 1.54) is 12.1 Å². The first-order valence-corrected chi connectivity index (χ1v) is 3.98. The molecule has 0 saturated heterocycles. The van der Waals surface area contributed by atoms with Gasteiger partial charge in [0.25, 0.3) is 0 Å². The van der Waals surface area contributed by atoms with Gasteiger partial charge in [-0.1, -0.05) is 0 Å². The normalized spacial score (nSPS) is 9.86. The van der Waals surface area contributed by atoms with Crippen molar-refractivity contribution in [1.29, 1.82) is 0 Å². The van der Waals surface area contributed by atoms with E-state index < -0.39 is 11.7 Å². The molecule has 1 aromatic carbocycles. The summed E-state index contributed by atoms with van der Waals surface area (Å²) < 4.78 is 18.0. The fourth-order valence-electron chi connectivity index (χ4n) is 0.927. The SMILES string of the molecule is NC(=O)c1ccc(OCCO)c(F)c1. The third-order valence-electron chi connectivity index (χ3n) is 1.57. The lowest BCUT2D eigenvalue weighted by molar-refractivity contribution is 0.0999. The van der Waals surface area contributed by atoms with E-state index in [2.05, 4.69) is 0 Å². The first-order valence-electron chi connectivity index (χ1n) is 3.98. The van der Waals surface area contributed by atoms with Crippen molar-refractivity contribution in [3.63, 3.8) is 0 Å². The Morgan fingerprint density at radius 3 is 2.79 bits per heavy atom. The zero-order valence-corrected chi connectivity index (χ0v) is 7.37. The molecular formula is C9H10FNO3. The van der Waals surface area contributed by atoms with Crippen LogP contribution in [-0.4, -0.2) is 24.2 Å². The van der Waals surface area contributed by atoms with Crippen molar-refractivity contribution in [1.82, 2.24) is 0 Å². The van der Waals surface area contributed by atoms with Crippen molar-refractivity contribution in [3.8, 4) is 5.75 Å². The summed E-state index contributed by atoms with van der Waals surface area (Å²) in [6, 6.07) is 3.65. The summed E-state index contributed by atoms with van der Waals surface area (Å²) in [5.74, 6) is -1.38. The van der Waals surface area contributed by atoms with Crippen LogP contribution < -0.4 is 10.5 Å². The monoisotopic (exact) mass is 199 g/mol. The Labute approximate surface area is 80.1 Å². The summed E-state index contributed by atoms with van der Waals surface area (Å²) in [7, 11) is 0. The van der Waals surface area contributed by atoms with Crippen LogP contribution in [0.5, 0.6) is 5.75 Å². The van der Waals surface area contributed by atoms with Crippen molar-refractivity contribution in [2.75, 3.05) is 13.2 Å². The number of carbonyl (C=O) groups excluding carboxylic acids is 1. The predicted molar refractivity (Wildman–Crippen MR) is 47.5 cm³/mol. The molecule has 0 aliphatic heterocycles. The van der Waals surface area contributed by atoms with Gasteiger partial charge in [0.15, 0.2) is 11.6 Å². The van der Waals surface area contributed by atoms with E-state index in [4.69, 9.17) is 15.6 Å².